The van der Waals surface area contributed by atoms with Crippen LogP contribution in [0.25, 0.3) is 0 Å². The highest BCUT2D eigenvalue weighted by molar-refractivity contribution is 5.83. The van der Waals surface area contributed by atoms with Gasteiger partial charge in [-0.25, -0.2) is 4.79 Å². The molecule has 1 saturated carbocycles. The van der Waals surface area contributed by atoms with Gasteiger partial charge in [0.15, 0.2) is 0 Å². The summed E-state index contributed by atoms with van der Waals surface area (Å²) < 4.78 is 10.7. The third-order valence-electron chi connectivity index (χ3n) is 4.23. The van der Waals surface area contributed by atoms with Crippen LogP contribution in [0.4, 0.5) is 0 Å². The lowest BCUT2D eigenvalue weighted by atomic mass is 10.1. The summed E-state index contributed by atoms with van der Waals surface area (Å²) in [5.74, 6) is -0.823. The van der Waals surface area contributed by atoms with Gasteiger partial charge in [-0.2, -0.15) is 0 Å². The fourth-order valence-electron chi connectivity index (χ4n) is 2.81. The van der Waals surface area contributed by atoms with Gasteiger partial charge in [-0.05, 0) is 37.7 Å². The van der Waals surface area contributed by atoms with Gasteiger partial charge in [-0.1, -0.05) is 50.3 Å². The van der Waals surface area contributed by atoms with Crippen LogP contribution in [0.1, 0.15) is 40.2 Å². The van der Waals surface area contributed by atoms with Crippen molar-refractivity contribution >= 4 is 11.9 Å². The Bertz CT molecular complexity index is 623. The largest absolute Gasteiger partial charge is 0.460 e. The van der Waals surface area contributed by atoms with E-state index in [1.54, 1.807) is 6.08 Å². The summed E-state index contributed by atoms with van der Waals surface area (Å²) >= 11 is 0. The van der Waals surface area contributed by atoms with Crippen LogP contribution >= 0.6 is 0 Å². The molecule has 0 N–H and O–H groups in total. The Morgan fingerprint density at radius 3 is 2.38 bits per heavy atom. The van der Waals surface area contributed by atoms with Crippen LogP contribution in [0.2, 0.25) is 0 Å². The standard InChI is InChI=1S/C20H26O4/c1-19(2,3)24-18(22)17-15(20(17,4)5)11-12-16(21)23-13-14-9-7-6-8-10-14/h6-12,15,17H,13H2,1-5H3/b12-11-/t15-,17-/m0/s1. The van der Waals surface area contributed by atoms with Gasteiger partial charge in [0.05, 0.1) is 5.92 Å². The molecule has 0 unspecified atom stereocenters. The fourth-order valence-corrected chi connectivity index (χ4v) is 2.81. The number of ether oxygens (including phenoxy) is 2. The average Bonchev–Trinajstić information content (AvgIpc) is 3.03. The van der Waals surface area contributed by atoms with Crippen LogP contribution in [0.15, 0.2) is 42.5 Å². The van der Waals surface area contributed by atoms with E-state index in [2.05, 4.69) is 0 Å². The van der Waals surface area contributed by atoms with Crippen molar-refractivity contribution in [2.75, 3.05) is 0 Å². The predicted octanol–water partition coefficient (Wildman–Crippen LogP) is 3.90. The second kappa shape index (κ2) is 6.80. The Labute approximate surface area is 143 Å². The van der Waals surface area contributed by atoms with E-state index in [0.717, 1.165) is 5.56 Å². The molecular weight excluding hydrogens is 304 g/mol. The molecule has 1 aromatic rings. The Morgan fingerprint density at radius 1 is 1.17 bits per heavy atom. The lowest BCUT2D eigenvalue weighted by molar-refractivity contribution is -0.157. The van der Waals surface area contributed by atoms with Crippen LogP contribution in [0.3, 0.4) is 0 Å². The van der Waals surface area contributed by atoms with E-state index in [-0.39, 0.29) is 29.8 Å². The summed E-state index contributed by atoms with van der Waals surface area (Å²) in [7, 11) is 0. The molecule has 0 spiro atoms. The van der Waals surface area contributed by atoms with E-state index < -0.39 is 11.6 Å². The molecule has 0 amide bonds. The van der Waals surface area contributed by atoms with Crippen molar-refractivity contribution in [2.24, 2.45) is 17.3 Å². The van der Waals surface area contributed by atoms with Crippen molar-refractivity contribution in [2.45, 2.75) is 46.8 Å². The van der Waals surface area contributed by atoms with Gasteiger partial charge >= 0.3 is 11.9 Å². The number of esters is 2. The fraction of sp³-hybridized carbons (Fsp3) is 0.500. The van der Waals surface area contributed by atoms with Gasteiger partial charge in [-0.3, -0.25) is 4.79 Å². The van der Waals surface area contributed by atoms with E-state index in [0.29, 0.717) is 0 Å². The minimum absolute atomic E-state index is 0.00312. The first-order valence-electron chi connectivity index (χ1n) is 8.23. The zero-order chi connectivity index (χ0) is 18.0. The molecule has 1 aliphatic carbocycles. The maximum atomic E-state index is 12.2. The van der Waals surface area contributed by atoms with Crippen LogP contribution in [0.5, 0.6) is 0 Å². The lowest BCUT2D eigenvalue weighted by Crippen LogP contribution is -2.26. The molecule has 2 rings (SSSR count). The molecule has 0 aliphatic heterocycles. The number of benzene rings is 1. The van der Waals surface area contributed by atoms with Crippen molar-refractivity contribution in [1.82, 2.24) is 0 Å². The first-order valence-corrected chi connectivity index (χ1v) is 8.23. The van der Waals surface area contributed by atoms with Crippen LogP contribution in [-0.2, 0) is 25.7 Å². The summed E-state index contributed by atoms with van der Waals surface area (Å²) in [4.78, 5) is 24.1. The smallest absolute Gasteiger partial charge is 0.330 e. The molecule has 4 nitrogen and oxygen atoms in total. The quantitative estimate of drug-likeness (QED) is 0.607. The van der Waals surface area contributed by atoms with Crippen molar-refractivity contribution in [1.29, 1.82) is 0 Å². The van der Waals surface area contributed by atoms with E-state index >= 15 is 0 Å². The number of hydrogen-bond acceptors (Lipinski definition) is 4. The maximum Gasteiger partial charge on any atom is 0.330 e. The minimum atomic E-state index is -0.501. The maximum absolute atomic E-state index is 12.2. The van der Waals surface area contributed by atoms with Crippen LogP contribution in [0, 0.1) is 17.3 Å². The summed E-state index contributed by atoms with van der Waals surface area (Å²) in [6.45, 7) is 9.82. The molecular formula is C20H26O4. The van der Waals surface area contributed by atoms with Gasteiger partial charge in [0.2, 0.25) is 0 Å². The second-order valence-electron chi connectivity index (χ2n) is 7.81. The number of hydrogen-bond donors (Lipinski definition) is 0. The van der Waals surface area contributed by atoms with Gasteiger partial charge in [0.1, 0.15) is 12.2 Å². The Balaban J connectivity index is 1.87. The van der Waals surface area contributed by atoms with Crippen molar-refractivity contribution < 1.29 is 19.1 Å². The van der Waals surface area contributed by atoms with Crippen molar-refractivity contribution in [3.05, 3.63) is 48.0 Å². The highest BCUT2D eigenvalue weighted by atomic mass is 16.6. The SMILES string of the molecule is CC(C)(C)OC(=O)[C@@H]1[C@H](/C=C\C(=O)OCc2ccccc2)C1(C)C. The molecule has 0 saturated heterocycles. The zero-order valence-electron chi connectivity index (χ0n) is 15.0. The highest BCUT2D eigenvalue weighted by Crippen LogP contribution is 2.59. The number of carbonyl (C=O) groups excluding carboxylic acids is 2. The molecule has 1 aromatic carbocycles. The number of carbonyl (C=O) groups is 2. The number of rotatable bonds is 5. The second-order valence-corrected chi connectivity index (χ2v) is 7.81. The zero-order valence-corrected chi connectivity index (χ0v) is 15.0. The van der Waals surface area contributed by atoms with Gasteiger partial charge in [0, 0.05) is 6.08 Å². The minimum Gasteiger partial charge on any atom is -0.460 e. The summed E-state index contributed by atoms with van der Waals surface area (Å²) in [6, 6.07) is 9.52. The normalized spacial score (nSPS) is 22.2. The first kappa shape index (κ1) is 18.2. The first-order chi connectivity index (χ1) is 11.1. The molecule has 0 heterocycles. The summed E-state index contributed by atoms with van der Waals surface area (Å²) in [5, 5.41) is 0. The Morgan fingerprint density at radius 2 is 1.79 bits per heavy atom. The van der Waals surface area contributed by atoms with E-state index in [4.69, 9.17) is 9.47 Å². The van der Waals surface area contributed by atoms with Crippen LogP contribution < -0.4 is 0 Å². The van der Waals surface area contributed by atoms with E-state index in [1.165, 1.54) is 6.08 Å². The lowest BCUT2D eigenvalue weighted by Gasteiger charge is -2.19. The molecule has 4 heteroatoms. The third kappa shape index (κ3) is 4.70. The van der Waals surface area contributed by atoms with E-state index in [1.807, 2.05) is 65.0 Å². The van der Waals surface area contributed by atoms with E-state index in [9.17, 15) is 9.59 Å². The molecule has 130 valence electrons. The van der Waals surface area contributed by atoms with Crippen LogP contribution in [-0.4, -0.2) is 17.5 Å². The molecule has 1 fully saturated rings. The van der Waals surface area contributed by atoms with Crippen molar-refractivity contribution in [3.8, 4) is 0 Å². The topological polar surface area (TPSA) is 52.6 Å². The molecule has 2 atom stereocenters. The van der Waals surface area contributed by atoms with Crippen molar-refractivity contribution in [3.63, 3.8) is 0 Å². The molecule has 0 aromatic heterocycles. The van der Waals surface area contributed by atoms with Gasteiger partial charge in [-0.15, -0.1) is 0 Å². The summed E-state index contributed by atoms with van der Waals surface area (Å²) in [6.07, 6.45) is 3.18. The van der Waals surface area contributed by atoms with Gasteiger partial charge in [0.25, 0.3) is 0 Å². The monoisotopic (exact) mass is 330 g/mol. The molecule has 1 aliphatic rings. The Hall–Kier alpha value is -2.10. The Kier molecular flexibility index (Phi) is 5.16. The third-order valence-corrected chi connectivity index (χ3v) is 4.23. The molecule has 0 radical (unpaired) electrons. The number of allylic oxidation sites excluding steroid dienone is 1. The summed E-state index contributed by atoms with van der Waals surface area (Å²) in [5.41, 5.74) is 0.245. The highest BCUT2D eigenvalue weighted by Gasteiger charge is 2.61. The van der Waals surface area contributed by atoms with Gasteiger partial charge < -0.3 is 9.47 Å². The molecule has 24 heavy (non-hydrogen) atoms. The predicted molar refractivity (Wildman–Crippen MR) is 92.0 cm³/mol. The molecule has 0 bridgehead atoms. The average molecular weight is 330 g/mol.